The molecule has 0 saturated heterocycles. The Bertz CT molecular complexity index is 741. The van der Waals surface area contributed by atoms with Crippen molar-refractivity contribution in [1.82, 2.24) is 25.3 Å². The monoisotopic (exact) mass is 496 g/mol. The van der Waals surface area contributed by atoms with E-state index in [1.165, 1.54) is 11.1 Å². The summed E-state index contributed by atoms with van der Waals surface area (Å²) in [6.07, 6.45) is 5.94. The number of nitrogens with one attached hydrogen (secondary N) is 2. The van der Waals surface area contributed by atoms with Gasteiger partial charge >= 0.3 is 0 Å². The molecule has 0 spiro atoms. The summed E-state index contributed by atoms with van der Waals surface area (Å²) in [7, 11) is 1.83. The maximum atomic E-state index is 4.36. The molecule has 1 aromatic heterocycles. The highest BCUT2D eigenvalue weighted by molar-refractivity contribution is 14.0. The van der Waals surface area contributed by atoms with Crippen molar-refractivity contribution >= 4 is 29.9 Å². The third-order valence-corrected chi connectivity index (χ3v) is 5.31. The van der Waals surface area contributed by atoms with Gasteiger partial charge in [-0.15, -0.1) is 24.0 Å². The Morgan fingerprint density at radius 3 is 2.68 bits per heavy atom. The van der Waals surface area contributed by atoms with Crippen LogP contribution in [-0.2, 0) is 19.5 Å². The molecule has 6 nitrogen and oxygen atoms in total. The highest BCUT2D eigenvalue weighted by atomic mass is 127. The van der Waals surface area contributed by atoms with Crippen molar-refractivity contribution in [3.63, 3.8) is 0 Å². The van der Waals surface area contributed by atoms with Gasteiger partial charge in [0.1, 0.15) is 0 Å². The van der Waals surface area contributed by atoms with Gasteiger partial charge in [0.2, 0.25) is 0 Å². The van der Waals surface area contributed by atoms with Crippen LogP contribution in [0.25, 0.3) is 0 Å². The van der Waals surface area contributed by atoms with E-state index in [9.17, 15) is 0 Å². The van der Waals surface area contributed by atoms with E-state index < -0.39 is 0 Å². The van der Waals surface area contributed by atoms with Crippen LogP contribution in [0.5, 0.6) is 0 Å². The second kappa shape index (κ2) is 10.8. The second-order valence-electron chi connectivity index (χ2n) is 7.73. The Morgan fingerprint density at radius 1 is 1.18 bits per heavy atom. The standard InChI is InChI=1S/C21H32N6.HI/c1-21(2,26-15-10-18-8-4-5-9-19(18)16-26)17-24-20(22-3)23-11-6-13-27-14-7-12-25-27;/h4-5,7-9,12,14H,6,10-11,13,15-17H2,1-3H3,(H2,22,23,24);1H. The molecular weight excluding hydrogens is 463 g/mol. The van der Waals surface area contributed by atoms with Crippen molar-refractivity contribution in [2.75, 3.05) is 26.7 Å². The molecule has 0 amide bonds. The zero-order valence-corrected chi connectivity index (χ0v) is 19.5. The molecule has 0 radical (unpaired) electrons. The molecule has 0 bridgehead atoms. The van der Waals surface area contributed by atoms with Gasteiger partial charge in [-0.3, -0.25) is 14.6 Å². The van der Waals surface area contributed by atoms with Crippen molar-refractivity contribution in [2.24, 2.45) is 4.99 Å². The molecule has 1 aliphatic heterocycles. The number of guanidine groups is 1. The van der Waals surface area contributed by atoms with Gasteiger partial charge in [0.25, 0.3) is 0 Å². The van der Waals surface area contributed by atoms with Crippen LogP contribution in [0.3, 0.4) is 0 Å². The van der Waals surface area contributed by atoms with Crippen molar-refractivity contribution in [3.8, 4) is 0 Å². The number of hydrogen-bond acceptors (Lipinski definition) is 3. The molecule has 28 heavy (non-hydrogen) atoms. The van der Waals surface area contributed by atoms with E-state index in [1.54, 1.807) is 0 Å². The number of aliphatic imine (C=N–C) groups is 1. The van der Waals surface area contributed by atoms with Gasteiger partial charge in [-0.2, -0.15) is 5.10 Å². The Labute approximate surface area is 185 Å². The zero-order chi connectivity index (χ0) is 19.1. The van der Waals surface area contributed by atoms with Crippen molar-refractivity contribution < 1.29 is 0 Å². The number of halogens is 1. The van der Waals surface area contributed by atoms with Crippen molar-refractivity contribution in [1.29, 1.82) is 0 Å². The second-order valence-corrected chi connectivity index (χ2v) is 7.73. The van der Waals surface area contributed by atoms with Gasteiger partial charge in [-0.05, 0) is 43.9 Å². The highest BCUT2D eigenvalue weighted by Gasteiger charge is 2.29. The first-order chi connectivity index (χ1) is 13.1. The van der Waals surface area contributed by atoms with Crippen molar-refractivity contribution in [2.45, 2.75) is 45.3 Å². The van der Waals surface area contributed by atoms with Crippen LogP contribution in [0.15, 0.2) is 47.7 Å². The predicted octanol–water partition coefficient (Wildman–Crippen LogP) is 2.89. The summed E-state index contributed by atoms with van der Waals surface area (Å²) in [5.41, 5.74) is 3.00. The Kier molecular flexibility index (Phi) is 8.75. The summed E-state index contributed by atoms with van der Waals surface area (Å²) >= 11 is 0. The van der Waals surface area contributed by atoms with Gasteiger partial charge in [-0.1, -0.05) is 24.3 Å². The van der Waals surface area contributed by atoms with Gasteiger partial charge in [-0.25, -0.2) is 0 Å². The maximum Gasteiger partial charge on any atom is 0.191 e. The number of benzene rings is 1. The van der Waals surface area contributed by atoms with E-state index >= 15 is 0 Å². The fourth-order valence-corrected chi connectivity index (χ4v) is 3.53. The van der Waals surface area contributed by atoms with E-state index in [0.717, 1.165) is 51.5 Å². The number of aryl methyl sites for hydroxylation is 1. The molecule has 2 N–H and O–H groups in total. The van der Waals surface area contributed by atoms with Gasteiger partial charge in [0.05, 0.1) is 0 Å². The van der Waals surface area contributed by atoms with Gasteiger partial charge in [0, 0.05) is 57.7 Å². The number of nitrogens with zero attached hydrogens (tertiary/aromatic N) is 4. The SMILES string of the molecule is CN=C(NCCCn1cccn1)NCC(C)(C)N1CCc2ccccc2C1.I. The van der Waals surface area contributed by atoms with Crippen LogP contribution in [0.2, 0.25) is 0 Å². The summed E-state index contributed by atoms with van der Waals surface area (Å²) in [6.45, 7) is 9.36. The van der Waals surface area contributed by atoms with E-state index in [1.807, 2.05) is 30.2 Å². The van der Waals surface area contributed by atoms with E-state index in [4.69, 9.17) is 0 Å². The van der Waals surface area contributed by atoms with Crippen LogP contribution >= 0.6 is 24.0 Å². The van der Waals surface area contributed by atoms with E-state index in [0.29, 0.717) is 0 Å². The average molecular weight is 496 g/mol. The molecule has 1 aliphatic rings. The van der Waals surface area contributed by atoms with E-state index in [-0.39, 0.29) is 29.5 Å². The summed E-state index contributed by atoms with van der Waals surface area (Å²) in [5.74, 6) is 0.862. The number of fused-ring (bicyclic) bond motifs is 1. The minimum Gasteiger partial charge on any atom is -0.356 e. The molecule has 0 aliphatic carbocycles. The maximum absolute atomic E-state index is 4.36. The smallest absolute Gasteiger partial charge is 0.191 e. The summed E-state index contributed by atoms with van der Waals surface area (Å²) < 4.78 is 1.95. The molecule has 7 heteroatoms. The number of aromatic nitrogens is 2. The predicted molar refractivity (Wildman–Crippen MR) is 126 cm³/mol. The average Bonchev–Trinajstić information content (AvgIpc) is 3.20. The molecule has 0 fully saturated rings. The highest BCUT2D eigenvalue weighted by Crippen LogP contribution is 2.24. The minimum atomic E-state index is 0. The van der Waals surface area contributed by atoms with Crippen LogP contribution < -0.4 is 10.6 Å². The molecule has 154 valence electrons. The third kappa shape index (κ3) is 6.20. The summed E-state index contributed by atoms with van der Waals surface area (Å²) in [6, 6.07) is 10.7. The van der Waals surface area contributed by atoms with E-state index in [2.05, 4.69) is 63.7 Å². The summed E-state index contributed by atoms with van der Waals surface area (Å²) in [5, 5.41) is 11.1. The lowest BCUT2D eigenvalue weighted by atomic mass is 9.94. The lowest BCUT2D eigenvalue weighted by Crippen LogP contribution is -2.54. The topological polar surface area (TPSA) is 57.5 Å². The minimum absolute atomic E-state index is 0. The molecule has 0 unspecified atom stereocenters. The first-order valence-corrected chi connectivity index (χ1v) is 9.82. The molecule has 2 heterocycles. The van der Waals surface area contributed by atoms with Crippen molar-refractivity contribution in [3.05, 3.63) is 53.9 Å². The molecule has 2 aromatic rings. The Morgan fingerprint density at radius 2 is 1.96 bits per heavy atom. The number of hydrogen-bond donors (Lipinski definition) is 2. The Balaban J connectivity index is 0.00000280. The molecular formula is C21H33IN6. The van der Waals surface area contributed by atoms with Crippen LogP contribution in [0.4, 0.5) is 0 Å². The summed E-state index contributed by atoms with van der Waals surface area (Å²) in [4.78, 5) is 6.92. The normalized spacial score (nSPS) is 14.9. The van der Waals surface area contributed by atoms with Gasteiger partial charge < -0.3 is 10.6 Å². The van der Waals surface area contributed by atoms with Crippen LogP contribution in [-0.4, -0.2) is 52.9 Å². The van der Waals surface area contributed by atoms with Crippen LogP contribution in [0.1, 0.15) is 31.4 Å². The first kappa shape index (κ1) is 22.7. The van der Waals surface area contributed by atoms with Gasteiger partial charge in [0.15, 0.2) is 5.96 Å². The molecule has 1 aromatic carbocycles. The lowest BCUT2D eigenvalue weighted by molar-refractivity contribution is 0.107. The molecule has 0 atom stereocenters. The number of rotatable bonds is 7. The third-order valence-electron chi connectivity index (χ3n) is 5.31. The van der Waals surface area contributed by atoms with Crippen LogP contribution in [0, 0.1) is 0 Å². The lowest BCUT2D eigenvalue weighted by Gasteiger charge is -2.42. The largest absolute Gasteiger partial charge is 0.356 e. The quantitative estimate of drug-likeness (QED) is 0.268. The zero-order valence-electron chi connectivity index (χ0n) is 17.2. The molecule has 3 rings (SSSR count). The fourth-order valence-electron chi connectivity index (χ4n) is 3.53. The first-order valence-electron chi connectivity index (χ1n) is 9.82. The fraction of sp³-hybridized carbons (Fsp3) is 0.524. The molecule has 0 saturated carbocycles. The Hall–Kier alpha value is -1.61.